The van der Waals surface area contributed by atoms with E-state index in [1.165, 1.54) is 6.33 Å². The molecule has 4 N–H and O–H groups in total. The minimum Gasteiger partial charge on any atom is -0.325 e. The molecule has 2 rings (SSSR count). The van der Waals surface area contributed by atoms with Crippen molar-refractivity contribution in [1.82, 2.24) is 15.2 Å². The summed E-state index contributed by atoms with van der Waals surface area (Å²) < 4.78 is 0. The van der Waals surface area contributed by atoms with Crippen molar-refractivity contribution in [3.05, 3.63) is 30.6 Å². The summed E-state index contributed by atoms with van der Waals surface area (Å²) in [7, 11) is 0. The molecule has 1 aromatic carbocycles. The predicted octanol–water partition coefficient (Wildman–Crippen LogP) is 2.21. The zero-order chi connectivity index (χ0) is 14.8. The molecule has 0 radical (unpaired) electrons. The van der Waals surface area contributed by atoms with E-state index in [1.807, 2.05) is 45.0 Å². The number of rotatable bonds is 3. The highest BCUT2D eigenvalue weighted by molar-refractivity contribution is 5.95. The summed E-state index contributed by atoms with van der Waals surface area (Å²) >= 11 is 0. The molecule has 1 heterocycles. The first-order chi connectivity index (χ1) is 9.38. The average Bonchev–Trinajstić information content (AvgIpc) is 2.91. The van der Waals surface area contributed by atoms with Gasteiger partial charge in [-0.1, -0.05) is 20.8 Å². The van der Waals surface area contributed by atoms with E-state index in [0.717, 1.165) is 5.56 Å². The second kappa shape index (κ2) is 6.69. The van der Waals surface area contributed by atoms with E-state index in [9.17, 15) is 4.79 Å². The molecule has 0 bridgehead atoms. The molecule has 0 saturated heterocycles. The number of carbonyl (C=O) groups is 1. The summed E-state index contributed by atoms with van der Waals surface area (Å²) in [6.45, 7) is 5.80. The molecule has 0 unspecified atom stereocenters. The first-order valence-corrected chi connectivity index (χ1v) is 6.40. The van der Waals surface area contributed by atoms with Crippen molar-refractivity contribution in [1.29, 1.82) is 0 Å². The Labute approximate surface area is 129 Å². The van der Waals surface area contributed by atoms with Crippen LogP contribution < -0.4 is 11.1 Å². The molecule has 2 aromatic rings. The molecule has 0 spiro atoms. The molecule has 0 aliphatic heterocycles. The number of nitrogens with two attached hydrogens (primary N) is 1. The van der Waals surface area contributed by atoms with E-state index in [2.05, 4.69) is 20.5 Å². The molecule has 1 amide bonds. The van der Waals surface area contributed by atoms with Gasteiger partial charge in [-0.25, -0.2) is 4.98 Å². The largest absolute Gasteiger partial charge is 0.325 e. The van der Waals surface area contributed by atoms with E-state index in [0.29, 0.717) is 11.5 Å². The van der Waals surface area contributed by atoms with Crippen LogP contribution in [0.1, 0.15) is 20.8 Å². The average molecular weight is 310 g/mol. The Kier molecular flexibility index (Phi) is 5.46. The van der Waals surface area contributed by atoms with Crippen molar-refractivity contribution in [2.75, 3.05) is 5.32 Å². The maximum absolute atomic E-state index is 12.0. The van der Waals surface area contributed by atoms with E-state index in [4.69, 9.17) is 5.73 Å². The topological polar surface area (TPSA) is 96.7 Å². The number of aromatic amines is 1. The smallest absolute Gasteiger partial charge is 0.241 e. The monoisotopic (exact) mass is 309 g/mol. The van der Waals surface area contributed by atoms with Gasteiger partial charge in [0.25, 0.3) is 0 Å². The van der Waals surface area contributed by atoms with Gasteiger partial charge in [0.15, 0.2) is 5.82 Å². The Bertz CT molecular complexity index is 574. The van der Waals surface area contributed by atoms with Crippen LogP contribution in [0.4, 0.5) is 5.69 Å². The SMILES string of the molecule is CC(C)(C)[C@H](N)C(=O)Nc1ccc(-c2ncn[nH]2)cc1.Cl. The molecule has 0 aliphatic carbocycles. The molecular formula is C14H20ClN5O. The number of nitrogens with zero attached hydrogens (tertiary/aromatic N) is 2. The minimum atomic E-state index is -0.559. The summed E-state index contributed by atoms with van der Waals surface area (Å²) in [5.74, 6) is 0.499. The summed E-state index contributed by atoms with van der Waals surface area (Å²) in [4.78, 5) is 16.1. The number of aromatic nitrogens is 3. The lowest BCUT2D eigenvalue weighted by atomic mass is 9.87. The van der Waals surface area contributed by atoms with Crippen LogP contribution in [0.15, 0.2) is 30.6 Å². The fourth-order valence-electron chi connectivity index (χ4n) is 1.67. The quantitative estimate of drug-likeness (QED) is 0.809. The van der Waals surface area contributed by atoms with Gasteiger partial charge < -0.3 is 11.1 Å². The van der Waals surface area contributed by atoms with Crippen LogP contribution >= 0.6 is 12.4 Å². The van der Waals surface area contributed by atoms with Crippen LogP contribution in [0.2, 0.25) is 0 Å². The Hall–Kier alpha value is -1.92. The summed E-state index contributed by atoms with van der Waals surface area (Å²) in [5.41, 5.74) is 7.25. The number of carbonyl (C=O) groups excluding carboxylic acids is 1. The van der Waals surface area contributed by atoms with E-state index in [-0.39, 0.29) is 23.7 Å². The van der Waals surface area contributed by atoms with Gasteiger partial charge in [-0.05, 0) is 29.7 Å². The molecular weight excluding hydrogens is 290 g/mol. The lowest BCUT2D eigenvalue weighted by Crippen LogP contribution is -2.45. The third-order valence-corrected chi connectivity index (χ3v) is 3.06. The van der Waals surface area contributed by atoms with Crippen LogP contribution in [-0.4, -0.2) is 27.1 Å². The highest BCUT2D eigenvalue weighted by Crippen LogP contribution is 2.20. The first-order valence-electron chi connectivity index (χ1n) is 6.40. The van der Waals surface area contributed by atoms with Gasteiger partial charge in [0, 0.05) is 11.3 Å². The molecule has 1 aromatic heterocycles. The predicted molar refractivity (Wildman–Crippen MR) is 85.1 cm³/mol. The standard InChI is InChI=1S/C14H19N5O.ClH/c1-14(2,3)11(15)13(20)18-10-6-4-9(5-7-10)12-16-8-17-19-12;/h4-8,11H,15H2,1-3H3,(H,18,20)(H,16,17,19);1H/t11-;/m1./s1. The number of nitrogens with one attached hydrogen (secondary N) is 2. The van der Waals surface area contributed by atoms with Crippen molar-refractivity contribution in [3.8, 4) is 11.4 Å². The van der Waals surface area contributed by atoms with Crippen LogP contribution in [0.5, 0.6) is 0 Å². The molecule has 0 fully saturated rings. The maximum atomic E-state index is 12.0. The maximum Gasteiger partial charge on any atom is 0.241 e. The van der Waals surface area contributed by atoms with Gasteiger partial charge in [0.2, 0.25) is 5.91 Å². The van der Waals surface area contributed by atoms with Gasteiger partial charge in [-0.3, -0.25) is 9.89 Å². The van der Waals surface area contributed by atoms with Gasteiger partial charge >= 0.3 is 0 Å². The summed E-state index contributed by atoms with van der Waals surface area (Å²) in [5, 5.41) is 9.39. The fraction of sp³-hybridized carbons (Fsp3) is 0.357. The molecule has 21 heavy (non-hydrogen) atoms. The van der Waals surface area contributed by atoms with Crippen molar-refractivity contribution < 1.29 is 4.79 Å². The lowest BCUT2D eigenvalue weighted by molar-refractivity contribution is -0.119. The summed E-state index contributed by atoms with van der Waals surface area (Å²) in [6.07, 6.45) is 1.45. The van der Waals surface area contributed by atoms with Crippen molar-refractivity contribution in [3.63, 3.8) is 0 Å². The third kappa shape index (κ3) is 4.27. The molecule has 0 saturated carbocycles. The Morgan fingerprint density at radius 1 is 1.29 bits per heavy atom. The molecule has 6 nitrogen and oxygen atoms in total. The number of hydrogen-bond acceptors (Lipinski definition) is 4. The van der Waals surface area contributed by atoms with Crippen molar-refractivity contribution >= 4 is 24.0 Å². The number of amides is 1. The van der Waals surface area contributed by atoms with Gasteiger partial charge in [-0.15, -0.1) is 12.4 Å². The normalized spacial score (nSPS) is 12.4. The van der Waals surface area contributed by atoms with E-state index >= 15 is 0 Å². The van der Waals surface area contributed by atoms with Crippen LogP contribution in [-0.2, 0) is 4.79 Å². The third-order valence-electron chi connectivity index (χ3n) is 3.06. The first kappa shape index (κ1) is 17.1. The molecule has 0 aliphatic rings. The Morgan fingerprint density at radius 2 is 1.90 bits per heavy atom. The van der Waals surface area contributed by atoms with E-state index in [1.54, 1.807) is 0 Å². The highest BCUT2D eigenvalue weighted by atomic mass is 35.5. The minimum absolute atomic E-state index is 0. The van der Waals surface area contributed by atoms with Crippen molar-refractivity contribution in [2.24, 2.45) is 11.1 Å². The molecule has 1 atom stereocenters. The zero-order valence-electron chi connectivity index (χ0n) is 12.3. The molecule has 7 heteroatoms. The zero-order valence-corrected chi connectivity index (χ0v) is 13.1. The van der Waals surface area contributed by atoms with Crippen LogP contribution in [0.3, 0.4) is 0 Å². The lowest BCUT2D eigenvalue weighted by Gasteiger charge is -2.25. The highest BCUT2D eigenvalue weighted by Gasteiger charge is 2.27. The number of anilines is 1. The van der Waals surface area contributed by atoms with Crippen molar-refractivity contribution in [2.45, 2.75) is 26.8 Å². The Morgan fingerprint density at radius 3 is 2.38 bits per heavy atom. The number of hydrogen-bond donors (Lipinski definition) is 3. The second-order valence-electron chi connectivity index (χ2n) is 5.74. The number of benzene rings is 1. The number of H-pyrrole nitrogens is 1. The van der Waals surface area contributed by atoms with E-state index < -0.39 is 6.04 Å². The van der Waals surface area contributed by atoms with Crippen LogP contribution in [0.25, 0.3) is 11.4 Å². The molecule has 114 valence electrons. The summed E-state index contributed by atoms with van der Waals surface area (Å²) in [6, 6.07) is 6.78. The van der Waals surface area contributed by atoms with Gasteiger partial charge in [0.05, 0.1) is 6.04 Å². The van der Waals surface area contributed by atoms with Gasteiger partial charge in [-0.2, -0.15) is 5.10 Å². The number of halogens is 1. The Balaban J connectivity index is 0.00000220. The van der Waals surface area contributed by atoms with Crippen LogP contribution in [0, 0.1) is 5.41 Å². The van der Waals surface area contributed by atoms with Gasteiger partial charge in [0.1, 0.15) is 6.33 Å². The fourth-order valence-corrected chi connectivity index (χ4v) is 1.67. The second-order valence-corrected chi connectivity index (χ2v) is 5.74.